The van der Waals surface area contributed by atoms with Crippen LogP contribution in [0.1, 0.15) is 56.3 Å². The molecule has 1 atom stereocenters. The van der Waals surface area contributed by atoms with E-state index in [9.17, 15) is 4.79 Å². The zero-order valence-corrected chi connectivity index (χ0v) is 18.1. The van der Waals surface area contributed by atoms with Gasteiger partial charge in [0.15, 0.2) is 5.82 Å². The Morgan fingerprint density at radius 2 is 2.03 bits per heavy atom. The van der Waals surface area contributed by atoms with E-state index in [0.29, 0.717) is 6.54 Å². The third-order valence-corrected chi connectivity index (χ3v) is 6.11. The van der Waals surface area contributed by atoms with Crippen molar-refractivity contribution in [2.24, 2.45) is 5.92 Å². The molecule has 160 valence electrons. The lowest BCUT2D eigenvalue weighted by Crippen LogP contribution is -2.43. The molecule has 2 aromatic rings. The average molecular weight is 409 g/mol. The van der Waals surface area contributed by atoms with Gasteiger partial charge < -0.3 is 10.2 Å². The van der Waals surface area contributed by atoms with Crippen LogP contribution in [0.4, 0.5) is 5.82 Å². The smallest absolute Gasteiger partial charge is 0.224 e. The van der Waals surface area contributed by atoms with Crippen molar-refractivity contribution in [1.29, 1.82) is 0 Å². The van der Waals surface area contributed by atoms with Crippen LogP contribution in [0.25, 0.3) is 5.82 Å². The second kappa shape index (κ2) is 9.41. The molecule has 1 aliphatic heterocycles. The molecule has 3 heterocycles. The van der Waals surface area contributed by atoms with E-state index in [2.05, 4.69) is 31.4 Å². The predicted octanol–water partition coefficient (Wildman–Crippen LogP) is 3.50. The van der Waals surface area contributed by atoms with Crippen molar-refractivity contribution in [2.45, 2.75) is 58.8 Å². The molecule has 0 unspecified atom stereocenters. The minimum Gasteiger partial charge on any atom is -0.356 e. The Morgan fingerprint density at radius 3 is 2.80 bits per heavy atom. The van der Waals surface area contributed by atoms with E-state index in [-0.39, 0.29) is 11.8 Å². The monoisotopic (exact) mass is 408 g/mol. The van der Waals surface area contributed by atoms with Crippen molar-refractivity contribution >= 4 is 11.7 Å². The number of carbonyl (C=O) groups excluding carboxylic acids is 1. The first-order valence-corrected chi connectivity index (χ1v) is 11.2. The molecule has 1 amide bonds. The molecule has 1 aliphatic carbocycles. The minimum atomic E-state index is 0.00573. The van der Waals surface area contributed by atoms with E-state index in [4.69, 9.17) is 0 Å². The Morgan fingerprint density at radius 1 is 1.17 bits per heavy atom. The van der Waals surface area contributed by atoms with Gasteiger partial charge >= 0.3 is 0 Å². The van der Waals surface area contributed by atoms with Crippen LogP contribution in [0.2, 0.25) is 0 Å². The summed E-state index contributed by atoms with van der Waals surface area (Å²) in [6.07, 6.45) is 11.8. The number of aryl methyl sites for hydroxylation is 2. The number of aromatic nitrogens is 4. The van der Waals surface area contributed by atoms with E-state index in [0.717, 1.165) is 55.4 Å². The maximum absolute atomic E-state index is 12.7. The number of amides is 1. The van der Waals surface area contributed by atoms with Gasteiger partial charge in [0.25, 0.3) is 0 Å². The Balaban J connectivity index is 1.36. The molecule has 0 bridgehead atoms. The van der Waals surface area contributed by atoms with Gasteiger partial charge in [-0.1, -0.05) is 11.6 Å². The highest BCUT2D eigenvalue weighted by Crippen LogP contribution is 2.24. The summed E-state index contributed by atoms with van der Waals surface area (Å²) >= 11 is 0. The van der Waals surface area contributed by atoms with Gasteiger partial charge in [0.1, 0.15) is 12.1 Å². The Bertz CT molecular complexity index is 918. The molecule has 2 aromatic heterocycles. The van der Waals surface area contributed by atoms with Crippen LogP contribution >= 0.6 is 0 Å². The molecule has 0 aromatic carbocycles. The van der Waals surface area contributed by atoms with Crippen LogP contribution in [-0.2, 0) is 4.79 Å². The zero-order valence-electron chi connectivity index (χ0n) is 18.1. The third kappa shape index (κ3) is 4.89. The summed E-state index contributed by atoms with van der Waals surface area (Å²) in [6.45, 7) is 6.35. The predicted molar refractivity (Wildman–Crippen MR) is 118 cm³/mol. The summed E-state index contributed by atoms with van der Waals surface area (Å²) in [5, 5.41) is 7.69. The first-order chi connectivity index (χ1) is 14.6. The highest BCUT2D eigenvalue weighted by molar-refractivity contribution is 5.79. The summed E-state index contributed by atoms with van der Waals surface area (Å²) in [5.74, 6) is 1.80. The van der Waals surface area contributed by atoms with Gasteiger partial charge in [0, 0.05) is 31.4 Å². The van der Waals surface area contributed by atoms with E-state index in [1.165, 1.54) is 31.3 Å². The van der Waals surface area contributed by atoms with E-state index in [1.807, 2.05) is 30.7 Å². The molecule has 0 saturated carbocycles. The highest BCUT2D eigenvalue weighted by atomic mass is 16.1. The molecule has 1 saturated heterocycles. The zero-order chi connectivity index (χ0) is 20.9. The fraction of sp³-hybridized carbons (Fsp3) is 0.565. The number of nitrogens with zero attached hydrogens (tertiary/aromatic N) is 5. The third-order valence-electron chi connectivity index (χ3n) is 6.11. The molecule has 30 heavy (non-hydrogen) atoms. The van der Waals surface area contributed by atoms with Crippen molar-refractivity contribution in [3.63, 3.8) is 0 Å². The number of anilines is 1. The van der Waals surface area contributed by atoms with Gasteiger partial charge in [-0.25, -0.2) is 14.6 Å². The lowest BCUT2D eigenvalue weighted by molar-refractivity contribution is -0.125. The second-order valence-electron chi connectivity index (χ2n) is 8.51. The van der Waals surface area contributed by atoms with Crippen LogP contribution in [0.5, 0.6) is 0 Å². The van der Waals surface area contributed by atoms with Gasteiger partial charge in [-0.15, -0.1) is 0 Å². The van der Waals surface area contributed by atoms with Crippen LogP contribution in [0.15, 0.2) is 30.1 Å². The highest BCUT2D eigenvalue weighted by Gasteiger charge is 2.26. The van der Waals surface area contributed by atoms with Gasteiger partial charge in [-0.3, -0.25) is 4.79 Å². The fourth-order valence-corrected chi connectivity index (χ4v) is 4.51. The lowest BCUT2D eigenvalue weighted by Gasteiger charge is -2.33. The molecule has 1 N–H and O–H groups in total. The number of carbonyl (C=O) groups is 1. The van der Waals surface area contributed by atoms with Crippen molar-refractivity contribution < 1.29 is 4.79 Å². The molecule has 0 spiro atoms. The summed E-state index contributed by atoms with van der Waals surface area (Å²) in [7, 11) is 0. The van der Waals surface area contributed by atoms with E-state index < -0.39 is 0 Å². The molecular formula is C23H32N6O. The summed E-state index contributed by atoms with van der Waals surface area (Å²) in [6, 6.07) is 4.00. The maximum Gasteiger partial charge on any atom is 0.224 e. The number of allylic oxidation sites excluding steroid dienone is 1. The Labute approximate surface area is 178 Å². The number of hydrogen-bond donors (Lipinski definition) is 1. The second-order valence-corrected chi connectivity index (χ2v) is 8.51. The van der Waals surface area contributed by atoms with Crippen molar-refractivity contribution in [3.8, 4) is 5.82 Å². The SMILES string of the molecule is Cc1cc(C)n(-c2cc(N3CCC[C@@H](C(=O)NCCC4=CCCCC4)C3)ncn2)n1. The molecule has 7 nitrogen and oxygen atoms in total. The quantitative estimate of drug-likeness (QED) is 0.741. The number of rotatable bonds is 6. The van der Waals surface area contributed by atoms with Crippen LogP contribution < -0.4 is 10.2 Å². The van der Waals surface area contributed by atoms with Gasteiger partial charge in [0.2, 0.25) is 5.91 Å². The molecule has 7 heteroatoms. The number of hydrogen-bond acceptors (Lipinski definition) is 5. The molecule has 4 rings (SSSR count). The van der Waals surface area contributed by atoms with E-state index in [1.54, 1.807) is 6.33 Å². The first-order valence-electron chi connectivity index (χ1n) is 11.2. The molecule has 1 fully saturated rings. The summed E-state index contributed by atoms with van der Waals surface area (Å²) in [4.78, 5) is 23.8. The van der Waals surface area contributed by atoms with Gasteiger partial charge in [0.05, 0.1) is 11.6 Å². The molecule has 0 radical (unpaired) electrons. The Hall–Kier alpha value is -2.70. The van der Waals surface area contributed by atoms with Crippen molar-refractivity contribution in [3.05, 3.63) is 41.5 Å². The minimum absolute atomic E-state index is 0.00573. The van der Waals surface area contributed by atoms with Crippen LogP contribution in [0.3, 0.4) is 0 Å². The van der Waals surface area contributed by atoms with Crippen LogP contribution in [0, 0.1) is 19.8 Å². The average Bonchev–Trinajstić information content (AvgIpc) is 3.12. The van der Waals surface area contributed by atoms with Crippen molar-refractivity contribution in [1.82, 2.24) is 25.1 Å². The topological polar surface area (TPSA) is 75.9 Å². The van der Waals surface area contributed by atoms with E-state index >= 15 is 0 Å². The summed E-state index contributed by atoms with van der Waals surface area (Å²) in [5.41, 5.74) is 3.51. The summed E-state index contributed by atoms with van der Waals surface area (Å²) < 4.78 is 1.84. The van der Waals surface area contributed by atoms with Gasteiger partial charge in [-0.2, -0.15) is 5.10 Å². The molecule has 2 aliphatic rings. The van der Waals surface area contributed by atoms with Gasteiger partial charge in [-0.05, 0) is 64.9 Å². The fourth-order valence-electron chi connectivity index (χ4n) is 4.51. The van der Waals surface area contributed by atoms with Crippen molar-refractivity contribution in [2.75, 3.05) is 24.5 Å². The van der Waals surface area contributed by atoms with Crippen LogP contribution in [-0.4, -0.2) is 45.3 Å². The molecular weight excluding hydrogens is 376 g/mol. The first kappa shape index (κ1) is 20.6. The maximum atomic E-state index is 12.7. The number of piperidine rings is 1. The lowest BCUT2D eigenvalue weighted by atomic mass is 9.96. The standard InChI is InChI=1S/C23H32N6O/c1-17-13-18(2)29(27-17)22-14-21(25-16-26-22)28-12-6-9-20(15-28)23(30)24-11-10-19-7-4-3-5-8-19/h7,13-14,16,20H,3-6,8-12,15H2,1-2H3,(H,24,30)/t20-/m1/s1. The normalized spacial score (nSPS) is 19.5. The number of nitrogens with one attached hydrogen (secondary N) is 1. The Kier molecular flexibility index (Phi) is 6.45. The largest absolute Gasteiger partial charge is 0.356 e.